The lowest BCUT2D eigenvalue weighted by atomic mass is 10.2. The monoisotopic (exact) mass is 286 g/mol. The van der Waals surface area contributed by atoms with Gasteiger partial charge < -0.3 is 4.52 Å². The molecule has 0 N–H and O–H groups in total. The van der Waals surface area contributed by atoms with Crippen molar-refractivity contribution in [2.45, 2.75) is 26.9 Å². The number of hydrogen-bond acceptors (Lipinski definition) is 5. The highest BCUT2D eigenvalue weighted by Gasteiger charge is 2.18. The van der Waals surface area contributed by atoms with E-state index in [-0.39, 0.29) is 0 Å². The summed E-state index contributed by atoms with van der Waals surface area (Å²) in [5.74, 6) is 0.962. The van der Waals surface area contributed by atoms with Crippen LogP contribution in [-0.2, 0) is 13.1 Å². The van der Waals surface area contributed by atoms with Crippen molar-refractivity contribution in [3.63, 3.8) is 0 Å². The van der Waals surface area contributed by atoms with Crippen LogP contribution in [0.5, 0.6) is 0 Å². The van der Waals surface area contributed by atoms with Crippen molar-refractivity contribution < 1.29 is 4.52 Å². The summed E-state index contributed by atoms with van der Waals surface area (Å²) < 4.78 is 5.29. The van der Waals surface area contributed by atoms with Crippen LogP contribution in [0, 0.1) is 13.8 Å². The van der Waals surface area contributed by atoms with Gasteiger partial charge in [-0.1, -0.05) is 11.2 Å². The van der Waals surface area contributed by atoms with Gasteiger partial charge in [-0.3, -0.25) is 14.8 Å². The minimum absolute atomic E-state index is 0.862. The molecule has 0 aromatic carbocycles. The fourth-order valence-electron chi connectivity index (χ4n) is 2.74. The predicted octanol–water partition coefficient (Wildman–Crippen LogP) is 2.00. The third-order valence-corrected chi connectivity index (χ3v) is 4.03. The van der Waals surface area contributed by atoms with Crippen LogP contribution in [-0.4, -0.2) is 46.1 Å². The summed E-state index contributed by atoms with van der Waals surface area (Å²) in [5.41, 5.74) is 3.42. The average Bonchev–Trinajstić information content (AvgIpc) is 2.89. The number of pyridine rings is 1. The molecule has 21 heavy (non-hydrogen) atoms. The fraction of sp³-hybridized carbons (Fsp3) is 0.500. The zero-order valence-electron chi connectivity index (χ0n) is 12.7. The van der Waals surface area contributed by atoms with Gasteiger partial charge in [-0.05, 0) is 25.5 Å². The van der Waals surface area contributed by atoms with E-state index in [9.17, 15) is 0 Å². The first-order valence-electron chi connectivity index (χ1n) is 7.48. The second kappa shape index (κ2) is 6.37. The van der Waals surface area contributed by atoms with Gasteiger partial charge in [-0.15, -0.1) is 0 Å². The van der Waals surface area contributed by atoms with Crippen LogP contribution in [0.4, 0.5) is 0 Å². The second-order valence-corrected chi connectivity index (χ2v) is 5.73. The molecule has 2 aromatic rings. The number of aryl methyl sites for hydroxylation is 2. The Labute approximate surface area is 125 Å². The van der Waals surface area contributed by atoms with Crippen LogP contribution in [0.1, 0.15) is 22.7 Å². The molecule has 2 aromatic heterocycles. The molecule has 0 spiro atoms. The van der Waals surface area contributed by atoms with Gasteiger partial charge in [0.05, 0.1) is 12.2 Å². The van der Waals surface area contributed by atoms with Crippen LogP contribution < -0.4 is 0 Å². The molecule has 1 fully saturated rings. The van der Waals surface area contributed by atoms with Crippen molar-refractivity contribution in [2.75, 3.05) is 26.2 Å². The van der Waals surface area contributed by atoms with Crippen molar-refractivity contribution in [2.24, 2.45) is 0 Å². The first-order valence-corrected chi connectivity index (χ1v) is 7.48. The number of rotatable bonds is 4. The smallest absolute Gasteiger partial charge is 0.150 e. The van der Waals surface area contributed by atoms with Crippen molar-refractivity contribution in [3.05, 3.63) is 47.1 Å². The number of nitrogens with zero attached hydrogens (tertiary/aromatic N) is 4. The number of piperazine rings is 1. The SMILES string of the molecule is Cc1cc(CN2CCN(Cc3cccnc3C)CC2)on1. The first-order chi connectivity index (χ1) is 10.2. The maximum absolute atomic E-state index is 5.29. The quantitative estimate of drug-likeness (QED) is 0.860. The molecule has 5 nitrogen and oxygen atoms in total. The molecule has 0 saturated carbocycles. The van der Waals surface area contributed by atoms with E-state index in [1.54, 1.807) is 0 Å². The highest BCUT2D eigenvalue weighted by molar-refractivity contribution is 5.18. The van der Waals surface area contributed by atoms with Gasteiger partial charge in [0.1, 0.15) is 0 Å². The molecule has 0 unspecified atom stereocenters. The molecule has 0 amide bonds. The molecule has 0 bridgehead atoms. The largest absolute Gasteiger partial charge is 0.360 e. The Balaban J connectivity index is 1.50. The van der Waals surface area contributed by atoms with Crippen LogP contribution in [0.15, 0.2) is 28.9 Å². The molecule has 1 aliphatic heterocycles. The van der Waals surface area contributed by atoms with E-state index in [0.29, 0.717) is 0 Å². The van der Waals surface area contributed by atoms with Crippen molar-refractivity contribution in [3.8, 4) is 0 Å². The predicted molar refractivity (Wildman–Crippen MR) is 80.8 cm³/mol. The van der Waals surface area contributed by atoms with Gasteiger partial charge in [0.25, 0.3) is 0 Å². The van der Waals surface area contributed by atoms with Gasteiger partial charge in [0.2, 0.25) is 0 Å². The molecule has 112 valence electrons. The van der Waals surface area contributed by atoms with Gasteiger partial charge in [0, 0.05) is 50.7 Å². The Morgan fingerprint density at radius 1 is 1.10 bits per heavy atom. The number of aromatic nitrogens is 2. The lowest BCUT2D eigenvalue weighted by Gasteiger charge is -2.34. The summed E-state index contributed by atoms with van der Waals surface area (Å²) in [6.07, 6.45) is 1.86. The molecule has 3 rings (SSSR count). The zero-order chi connectivity index (χ0) is 14.7. The average molecular weight is 286 g/mol. The van der Waals surface area contributed by atoms with E-state index >= 15 is 0 Å². The Kier molecular flexibility index (Phi) is 4.31. The number of hydrogen-bond donors (Lipinski definition) is 0. The fourth-order valence-corrected chi connectivity index (χ4v) is 2.74. The minimum atomic E-state index is 0.862. The summed E-state index contributed by atoms with van der Waals surface area (Å²) in [7, 11) is 0. The van der Waals surface area contributed by atoms with Crippen LogP contribution >= 0.6 is 0 Å². The molecular formula is C16H22N4O. The van der Waals surface area contributed by atoms with E-state index in [1.165, 1.54) is 5.56 Å². The van der Waals surface area contributed by atoms with E-state index in [0.717, 1.165) is 56.4 Å². The Morgan fingerprint density at radius 3 is 2.43 bits per heavy atom. The van der Waals surface area contributed by atoms with Crippen LogP contribution in [0.25, 0.3) is 0 Å². The summed E-state index contributed by atoms with van der Waals surface area (Å²) in [5, 5.41) is 3.94. The van der Waals surface area contributed by atoms with Crippen LogP contribution in [0.3, 0.4) is 0 Å². The molecule has 0 radical (unpaired) electrons. The first kappa shape index (κ1) is 14.2. The standard InChI is InChI=1S/C16H22N4O/c1-13-10-16(21-18-13)12-20-8-6-19(7-9-20)11-15-4-3-5-17-14(15)2/h3-5,10H,6-9,11-12H2,1-2H3. The Morgan fingerprint density at radius 2 is 1.81 bits per heavy atom. The minimum Gasteiger partial charge on any atom is -0.360 e. The van der Waals surface area contributed by atoms with Gasteiger partial charge >= 0.3 is 0 Å². The van der Waals surface area contributed by atoms with Crippen molar-refractivity contribution >= 4 is 0 Å². The summed E-state index contributed by atoms with van der Waals surface area (Å²) in [6.45, 7) is 10.2. The van der Waals surface area contributed by atoms with E-state index < -0.39 is 0 Å². The van der Waals surface area contributed by atoms with Crippen LogP contribution in [0.2, 0.25) is 0 Å². The zero-order valence-corrected chi connectivity index (χ0v) is 12.7. The third kappa shape index (κ3) is 3.68. The molecule has 3 heterocycles. The Hall–Kier alpha value is -1.72. The molecule has 1 saturated heterocycles. The topological polar surface area (TPSA) is 45.4 Å². The van der Waals surface area contributed by atoms with Crippen molar-refractivity contribution in [1.82, 2.24) is 19.9 Å². The van der Waals surface area contributed by atoms with E-state index in [4.69, 9.17) is 4.52 Å². The Bertz CT molecular complexity index is 587. The normalized spacial score (nSPS) is 17.2. The van der Waals surface area contributed by atoms with E-state index in [1.807, 2.05) is 25.3 Å². The molecule has 0 atom stereocenters. The van der Waals surface area contributed by atoms with E-state index in [2.05, 4.69) is 32.9 Å². The lowest BCUT2D eigenvalue weighted by molar-refractivity contribution is 0.113. The summed E-state index contributed by atoms with van der Waals surface area (Å²) in [4.78, 5) is 9.28. The third-order valence-electron chi connectivity index (χ3n) is 4.03. The highest BCUT2D eigenvalue weighted by atomic mass is 16.5. The molecule has 5 heteroatoms. The second-order valence-electron chi connectivity index (χ2n) is 5.73. The maximum atomic E-state index is 5.29. The summed E-state index contributed by atoms with van der Waals surface area (Å²) >= 11 is 0. The highest BCUT2D eigenvalue weighted by Crippen LogP contribution is 2.13. The van der Waals surface area contributed by atoms with Crippen molar-refractivity contribution in [1.29, 1.82) is 0 Å². The maximum Gasteiger partial charge on any atom is 0.150 e. The van der Waals surface area contributed by atoms with Gasteiger partial charge in [0.15, 0.2) is 5.76 Å². The molecule has 0 aliphatic carbocycles. The van der Waals surface area contributed by atoms with Gasteiger partial charge in [-0.2, -0.15) is 0 Å². The molecule has 1 aliphatic rings. The lowest BCUT2D eigenvalue weighted by Crippen LogP contribution is -2.45. The summed E-state index contributed by atoms with van der Waals surface area (Å²) in [6, 6.07) is 6.21. The van der Waals surface area contributed by atoms with Gasteiger partial charge in [-0.25, -0.2) is 0 Å². The molecular weight excluding hydrogens is 264 g/mol.